The Labute approximate surface area is 171 Å². The third-order valence-corrected chi connectivity index (χ3v) is 5.21. The van der Waals surface area contributed by atoms with Gasteiger partial charge in [0.2, 0.25) is 0 Å². The van der Waals surface area contributed by atoms with Crippen LogP contribution in [0.5, 0.6) is 0 Å². The normalized spacial score (nSPS) is 15.4. The number of nitrogens with zero attached hydrogens (tertiary/aromatic N) is 3. The highest BCUT2D eigenvalue weighted by Crippen LogP contribution is 2.28. The van der Waals surface area contributed by atoms with Crippen molar-refractivity contribution in [1.82, 2.24) is 15.0 Å². The summed E-state index contributed by atoms with van der Waals surface area (Å²) in [5.74, 6) is 1.43. The average molecular weight is 403 g/mol. The van der Waals surface area contributed by atoms with Gasteiger partial charge in [0.15, 0.2) is 0 Å². The lowest BCUT2D eigenvalue weighted by molar-refractivity contribution is -0.125. The quantitative estimate of drug-likeness (QED) is 0.780. The maximum Gasteiger partial charge on any atom is 0.145 e. The molecule has 0 aliphatic carbocycles. The molecule has 1 N–H and O–H groups in total. The Morgan fingerprint density at radius 2 is 2.00 bits per heavy atom. The number of ketones is 1. The van der Waals surface area contributed by atoms with Crippen LogP contribution in [0.3, 0.4) is 0 Å². The number of nitrogens with one attached hydrogen (secondary N) is 1. The van der Waals surface area contributed by atoms with Crippen molar-refractivity contribution in [3.8, 4) is 11.3 Å². The highest BCUT2D eigenvalue weighted by Gasteiger charge is 2.22. The maximum absolute atomic E-state index is 12.3. The first kappa shape index (κ1) is 20.7. The predicted molar refractivity (Wildman–Crippen MR) is 110 cm³/mol. The van der Waals surface area contributed by atoms with Crippen molar-refractivity contribution in [2.75, 3.05) is 25.1 Å². The van der Waals surface area contributed by atoms with Crippen LogP contribution < -0.4 is 5.32 Å². The largest absolute Gasteiger partial charge is 0.381 e. The van der Waals surface area contributed by atoms with Gasteiger partial charge in [-0.15, -0.1) is 0 Å². The molecule has 0 spiro atoms. The first-order chi connectivity index (χ1) is 13.3. The van der Waals surface area contributed by atoms with Crippen LogP contribution in [0.25, 0.3) is 11.3 Å². The minimum Gasteiger partial charge on any atom is -0.381 e. The van der Waals surface area contributed by atoms with Crippen molar-refractivity contribution >= 4 is 23.2 Å². The Balaban J connectivity index is 1.75. The van der Waals surface area contributed by atoms with Gasteiger partial charge in [-0.25, -0.2) is 4.98 Å². The van der Waals surface area contributed by atoms with E-state index in [4.69, 9.17) is 16.3 Å². The van der Waals surface area contributed by atoms with Gasteiger partial charge >= 0.3 is 0 Å². The number of halogens is 1. The number of ether oxygens (including phenoxy) is 1. The van der Waals surface area contributed by atoms with Crippen molar-refractivity contribution in [3.63, 3.8) is 0 Å². The minimum atomic E-state index is -0.407. The Kier molecular flexibility index (Phi) is 6.62. The molecule has 1 aliphatic rings. The minimum absolute atomic E-state index is 0.131. The molecule has 1 fully saturated rings. The monoisotopic (exact) mass is 402 g/mol. The molecule has 28 heavy (non-hydrogen) atoms. The smallest absolute Gasteiger partial charge is 0.145 e. The van der Waals surface area contributed by atoms with Crippen LogP contribution in [-0.2, 0) is 16.0 Å². The van der Waals surface area contributed by atoms with E-state index in [0.29, 0.717) is 28.1 Å². The molecule has 2 aromatic rings. The first-order valence-corrected chi connectivity index (χ1v) is 10.0. The predicted octanol–water partition coefficient (Wildman–Crippen LogP) is 4.19. The molecule has 150 valence electrons. The third-order valence-electron chi connectivity index (χ3n) is 4.91. The molecule has 0 saturated carbocycles. The second-order valence-corrected chi connectivity index (χ2v) is 8.64. The molecule has 7 heteroatoms. The van der Waals surface area contributed by atoms with Gasteiger partial charge in [0.1, 0.15) is 11.6 Å². The molecule has 1 aliphatic heterocycles. The summed E-state index contributed by atoms with van der Waals surface area (Å²) in [6.45, 7) is 8.21. The number of hydrogen-bond acceptors (Lipinski definition) is 6. The number of Topliss-reactive ketones (excluding diaryl/α,β-unsaturated/α-hetero) is 1. The summed E-state index contributed by atoms with van der Waals surface area (Å²) in [5.41, 5.74) is 1.67. The number of rotatable bonds is 6. The Morgan fingerprint density at radius 1 is 1.25 bits per heavy atom. The topological polar surface area (TPSA) is 77.0 Å². The summed E-state index contributed by atoms with van der Waals surface area (Å²) < 4.78 is 5.40. The number of pyridine rings is 1. The number of anilines is 1. The van der Waals surface area contributed by atoms with E-state index in [1.54, 1.807) is 18.6 Å². The van der Waals surface area contributed by atoms with Gasteiger partial charge in [0.25, 0.3) is 0 Å². The maximum atomic E-state index is 12.3. The molecule has 6 nitrogen and oxygen atoms in total. The summed E-state index contributed by atoms with van der Waals surface area (Å²) in [4.78, 5) is 25.6. The SMILES string of the molecule is CC(C)(C)C(=O)Cc1cc(-c2cncc(NCC3CCOCC3)n2)c(Cl)cn1. The van der Waals surface area contributed by atoms with Crippen LogP contribution in [-0.4, -0.2) is 40.5 Å². The van der Waals surface area contributed by atoms with E-state index in [2.05, 4.69) is 20.3 Å². The number of carbonyl (C=O) groups is 1. The number of aromatic nitrogens is 3. The summed E-state index contributed by atoms with van der Waals surface area (Å²) in [6, 6.07) is 1.83. The standard InChI is InChI=1S/C21H27ClN4O2/c1-21(2,3)19(27)9-15-8-16(17(22)11-24-15)18-12-23-13-20(26-18)25-10-14-4-6-28-7-5-14/h8,11-14H,4-7,9-10H2,1-3H3,(H,25,26). The first-order valence-electron chi connectivity index (χ1n) is 9.64. The van der Waals surface area contributed by atoms with E-state index in [1.165, 1.54) is 0 Å². The van der Waals surface area contributed by atoms with Crippen LogP contribution in [0.2, 0.25) is 5.02 Å². The van der Waals surface area contributed by atoms with E-state index in [9.17, 15) is 4.79 Å². The third kappa shape index (κ3) is 5.49. The highest BCUT2D eigenvalue weighted by molar-refractivity contribution is 6.33. The second-order valence-electron chi connectivity index (χ2n) is 8.23. The van der Waals surface area contributed by atoms with Crippen LogP contribution in [0.15, 0.2) is 24.7 Å². The van der Waals surface area contributed by atoms with E-state index in [-0.39, 0.29) is 12.2 Å². The Hall–Kier alpha value is -2.05. The van der Waals surface area contributed by atoms with Gasteiger partial charge in [-0.2, -0.15) is 0 Å². The molecule has 0 radical (unpaired) electrons. The van der Waals surface area contributed by atoms with E-state index in [0.717, 1.165) is 38.2 Å². The molecule has 3 rings (SSSR count). The van der Waals surface area contributed by atoms with Crippen LogP contribution >= 0.6 is 11.6 Å². The molecule has 0 unspecified atom stereocenters. The lowest BCUT2D eigenvalue weighted by atomic mass is 9.88. The van der Waals surface area contributed by atoms with Gasteiger partial charge < -0.3 is 10.1 Å². The molecule has 1 saturated heterocycles. The van der Waals surface area contributed by atoms with Gasteiger partial charge in [0.05, 0.1) is 23.1 Å². The molecule has 0 aromatic carbocycles. The highest BCUT2D eigenvalue weighted by atomic mass is 35.5. The number of carbonyl (C=O) groups excluding carboxylic acids is 1. The zero-order valence-corrected chi connectivity index (χ0v) is 17.4. The van der Waals surface area contributed by atoms with E-state index in [1.807, 2.05) is 26.8 Å². The average Bonchev–Trinajstić information content (AvgIpc) is 2.68. The van der Waals surface area contributed by atoms with Gasteiger partial charge in [-0.1, -0.05) is 32.4 Å². The van der Waals surface area contributed by atoms with Crippen LogP contribution in [0.4, 0.5) is 5.82 Å². The fourth-order valence-electron chi connectivity index (χ4n) is 2.98. The summed E-state index contributed by atoms with van der Waals surface area (Å²) in [6.07, 6.45) is 7.34. The van der Waals surface area contributed by atoms with Gasteiger partial charge in [0, 0.05) is 49.0 Å². The molecular formula is C21H27ClN4O2. The van der Waals surface area contributed by atoms with Crippen LogP contribution in [0.1, 0.15) is 39.3 Å². The van der Waals surface area contributed by atoms with E-state index < -0.39 is 5.41 Å². The number of hydrogen-bond donors (Lipinski definition) is 1. The Morgan fingerprint density at radius 3 is 2.71 bits per heavy atom. The molecule has 0 bridgehead atoms. The summed E-state index contributed by atoms with van der Waals surface area (Å²) >= 11 is 6.36. The molecule has 3 heterocycles. The van der Waals surface area contributed by atoms with Crippen molar-refractivity contribution in [2.24, 2.45) is 11.3 Å². The fourth-order valence-corrected chi connectivity index (χ4v) is 3.19. The Bertz CT molecular complexity index is 829. The zero-order chi connectivity index (χ0) is 20.1. The lowest BCUT2D eigenvalue weighted by Crippen LogP contribution is -2.23. The zero-order valence-electron chi connectivity index (χ0n) is 16.7. The molecule has 0 amide bonds. The summed E-state index contributed by atoms with van der Waals surface area (Å²) in [7, 11) is 0. The van der Waals surface area contributed by atoms with E-state index >= 15 is 0 Å². The molecule has 2 aromatic heterocycles. The van der Waals surface area contributed by atoms with Crippen molar-refractivity contribution in [3.05, 3.63) is 35.4 Å². The van der Waals surface area contributed by atoms with Gasteiger partial charge in [-0.3, -0.25) is 14.8 Å². The summed E-state index contributed by atoms with van der Waals surface area (Å²) in [5, 5.41) is 3.86. The van der Waals surface area contributed by atoms with Gasteiger partial charge in [-0.05, 0) is 24.8 Å². The van der Waals surface area contributed by atoms with Crippen molar-refractivity contribution in [2.45, 2.75) is 40.0 Å². The molecule has 0 atom stereocenters. The molecular weight excluding hydrogens is 376 g/mol. The lowest BCUT2D eigenvalue weighted by Gasteiger charge is -2.22. The second kappa shape index (κ2) is 8.97. The fraction of sp³-hybridized carbons (Fsp3) is 0.524. The van der Waals surface area contributed by atoms with Crippen LogP contribution in [0, 0.1) is 11.3 Å². The van der Waals surface area contributed by atoms with Crippen molar-refractivity contribution < 1.29 is 9.53 Å². The van der Waals surface area contributed by atoms with Crippen molar-refractivity contribution in [1.29, 1.82) is 0 Å².